The zero-order valence-corrected chi connectivity index (χ0v) is 10.9. The van der Waals surface area contributed by atoms with Crippen LogP contribution in [0.4, 0.5) is 11.4 Å². The summed E-state index contributed by atoms with van der Waals surface area (Å²) in [6, 6.07) is 6.02. The molecular formula is C12H12N4O4. The molecule has 0 radical (unpaired) electrons. The molecule has 0 amide bonds. The Morgan fingerprint density at radius 2 is 1.70 bits per heavy atom. The van der Waals surface area contributed by atoms with Crippen LogP contribution in [0.2, 0.25) is 0 Å². The summed E-state index contributed by atoms with van der Waals surface area (Å²) in [5, 5.41) is 25.6. The summed E-state index contributed by atoms with van der Waals surface area (Å²) >= 11 is 0. The minimum Gasteiger partial charge on any atom is -0.258 e. The van der Waals surface area contributed by atoms with Crippen LogP contribution in [0.1, 0.15) is 17.0 Å². The third-order valence-corrected chi connectivity index (χ3v) is 3.01. The van der Waals surface area contributed by atoms with Crippen LogP contribution in [-0.4, -0.2) is 19.6 Å². The van der Waals surface area contributed by atoms with Crippen LogP contribution in [0.15, 0.2) is 24.3 Å². The summed E-state index contributed by atoms with van der Waals surface area (Å²) in [5.41, 5.74) is 1.62. The Morgan fingerprint density at radius 1 is 1.10 bits per heavy atom. The highest BCUT2D eigenvalue weighted by Gasteiger charge is 2.21. The van der Waals surface area contributed by atoms with Gasteiger partial charge in [0.15, 0.2) is 0 Å². The van der Waals surface area contributed by atoms with Gasteiger partial charge in [-0.25, -0.2) is 0 Å². The molecule has 0 aliphatic rings. The average Bonchev–Trinajstić information content (AvgIpc) is 2.65. The zero-order valence-electron chi connectivity index (χ0n) is 10.9. The van der Waals surface area contributed by atoms with Crippen molar-refractivity contribution >= 4 is 11.4 Å². The van der Waals surface area contributed by atoms with Gasteiger partial charge in [-0.1, -0.05) is 12.1 Å². The third kappa shape index (κ3) is 2.48. The molecule has 0 bridgehead atoms. The van der Waals surface area contributed by atoms with Gasteiger partial charge in [-0.3, -0.25) is 24.9 Å². The lowest BCUT2D eigenvalue weighted by atomic mass is 10.2. The molecule has 1 heterocycles. The summed E-state index contributed by atoms with van der Waals surface area (Å²) in [6.45, 7) is 3.54. The maximum absolute atomic E-state index is 10.9. The van der Waals surface area contributed by atoms with Gasteiger partial charge in [0.05, 0.1) is 16.4 Å². The number of non-ortho nitro benzene ring substituents is 1. The fourth-order valence-electron chi connectivity index (χ4n) is 2.00. The van der Waals surface area contributed by atoms with E-state index in [0.717, 1.165) is 5.56 Å². The smallest absolute Gasteiger partial charge is 0.258 e. The number of benzene rings is 1. The first-order valence-corrected chi connectivity index (χ1v) is 5.82. The Morgan fingerprint density at radius 3 is 2.15 bits per heavy atom. The van der Waals surface area contributed by atoms with E-state index < -0.39 is 9.85 Å². The van der Waals surface area contributed by atoms with Crippen LogP contribution in [0.3, 0.4) is 0 Å². The minimum absolute atomic E-state index is 0.00640. The van der Waals surface area contributed by atoms with E-state index in [9.17, 15) is 20.2 Å². The molecule has 2 rings (SSSR count). The third-order valence-electron chi connectivity index (χ3n) is 3.01. The summed E-state index contributed by atoms with van der Waals surface area (Å²) in [5.74, 6) is 0. The summed E-state index contributed by atoms with van der Waals surface area (Å²) < 4.78 is 1.52. The SMILES string of the molecule is Cc1nn(Cc2ccc([N+](=O)[O-])cc2)c(C)c1[N+](=O)[O-]. The van der Waals surface area contributed by atoms with Crippen molar-refractivity contribution in [1.29, 1.82) is 0 Å². The first-order chi connectivity index (χ1) is 9.40. The van der Waals surface area contributed by atoms with Crippen LogP contribution in [-0.2, 0) is 6.54 Å². The van der Waals surface area contributed by atoms with Gasteiger partial charge in [-0.05, 0) is 19.4 Å². The molecule has 104 valence electrons. The van der Waals surface area contributed by atoms with E-state index in [2.05, 4.69) is 5.10 Å². The second-order valence-corrected chi connectivity index (χ2v) is 4.36. The number of hydrogen-bond donors (Lipinski definition) is 0. The number of aromatic nitrogens is 2. The van der Waals surface area contributed by atoms with Crippen molar-refractivity contribution in [3.05, 3.63) is 61.4 Å². The molecular weight excluding hydrogens is 264 g/mol. The summed E-state index contributed by atoms with van der Waals surface area (Å²) in [6.07, 6.45) is 0. The topological polar surface area (TPSA) is 104 Å². The summed E-state index contributed by atoms with van der Waals surface area (Å²) in [4.78, 5) is 20.5. The quantitative estimate of drug-likeness (QED) is 0.629. The first kappa shape index (κ1) is 13.7. The van der Waals surface area contributed by atoms with Crippen LogP contribution < -0.4 is 0 Å². The lowest BCUT2D eigenvalue weighted by Gasteiger charge is -2.03. The number of nitro benzene ring substituents is 1. The molecule has 0 unspecified atom stereocenters. The fourth-order valence-corrected chi connectivity index (χ4v) is 2.00. The van der Waals surface area contributed by atoms with E-state index in [1.165, 1.54) is 16.8 Å². The van der Waals surface area contributed by atoms with E-state index in [1.54, 1.807) is 26.0 Å². The van der Waals surface area contributed by atoms with Crippen molar-refractivity contribution in [1.82, 2.24) is 9.78 Å². The molecule has 0 saturated heterocycles. The largest absolute Gasteiger partial charge is 0.312 e. The number of hydrogen-bond acceptors (Lipinski definition) is 5. The van der Waals surface area contributed by atoms with Crippen LogP contribution in [0.5, 0.6) is 0 Å². The molecule has 0 fully saturated rings. The van der Waals surface area contributed by atoms with Gasteiger partial charge >= 0.3 is 5.69 Å². The minimum atomic E-state index is -0.474. The number of nitrogens with zero attached hydrogens (tertiary/aromatic N) is 4. The molecule has 0 atom stereocenters. The molecule has 1 aromatic heterocycles. The van der Waals surface area contributed by atoms with Gasteiger partial charge in [0.1, 0.15) is 11.4 Å². The molecule has 8 nitrogen and oxygen atoms in total. The van der Waals surface area contributed by atoms with Crippen molar-refractivity contribution in [2.24, 2.45) is 0 Å². The highest BCUT2D eigenvalue weighted by Crippen LogP contribution is 2.22. The molecule has 0 spiro atoms. The van der Waals surface area contributed by atoms with Gasteiger partial charge in [-0.15, -0.1) is 0 Å². The molecule has 2 aromatic rings. The van der Waals surface area contributed by atoms with E-state index in [-0.39, 0.29) is 11.4 Å². The van der Waals surface area contributed by atoms with Gasteiger partial charge in [-0.2, -0.15) is 5.10 Å². The highest BCUT2D eigenvalue weighted by atomic mass is 16.6. The Kier molecular flexibility index (Phi) is 3.47. The normalized spacial score (nSPS) is 10.5. The van der Waals surface area contributed by atoms with Gasteiger partial charge in [0.2, 0.25) is 0 Å². The molecule has 1 aromatic carbocycles. The van der Waals surface area contributed by atoms with Crippen LogP contribution in [0, 0.1) is 34.1 Å². The summed E-state index contributed by atoms with van der Waals surface area (Å²) in [7, 11) is 0. The van der Waals surface area contributed by atoms with Crippen molar-refractivity contribution in [2.75, 3.05) is 0 Å². The van der Waals surface area contributed by atoms with E-state index >= 15 is 0 Å². The van der Waals surface area contributed by atoms with Crippen molar-refractivity contribution in [2.45, 2.75) is 20.4 Å². The van der Waals surface area contributed by atoms with E-state index in [4.69, 9.17) is 0 Å². The number of aryl methyl sites for hydroxylation is 1. The predicted octanol–water partition coefficient (Wildman–Crippen LogP) is 2.36. The van der Waals surface area contributed by atoms with Crippen LogP contribution in [0.25, 0.3) is 0 Å². The van der Waals surface area contributed by atoms with Gasteiger partial charge in [0.25, 0.3) is 5.69 Å². The highest BCUT2D eigenvalue weighted by molar-refractivity contribution is 5.40. The molecule has 0 aliphatic carbocycles. The Balaban J connectivity index is 2.28. The van der Waals surface area contributed by atoms with E-state index in [1.807, 2.05) is 0 Å². The average molecular weight is 276 g/mol. The number of nitro groups is 2. The second-order valence-electron chi connectivity index (χ2n) is 4.36. The van der Waals surface area contributed by atoms with Crippen molar-refractivity contribution in [3.63, 3.8) is 0 Å². The predicted molar refractivity (Wildman–Crippen MR) is 70.6 cm³/mol. The monoisotopic (exact) mass is 276 g/mol. The lowest BCUT2D eigenvalue weighted by molar-refractivity contribution is -0.386. The molecule has 0 N–H and O–H groups in total. The maximum atomic E-state index is 10.9. The Labute approximate surface area is 113 Å². The van der Waals surface area contributed by atoms with Crippen molar-refractivity contribution in [3.8, 4) is 0 Å². The van der Waals surface area contributed by atoms with Gasteiger partial charge in [0, 0.05) is 12.1 Å². The standard InChI is InChI=1S/C12H12N4O4/c1-8-12(16(19)20)9(2)14(13-8)7-10-3-5-11(6-4-10)15(17)18/h3-6H,7H2,1-2H3. The molecule has 20 heavy (non-hydrogen) atoms. The second kappa shape index (κ2) is 5.08. The fraction of sp³-hybridized carbons (Fsp3) is 0.250. The lowest BCUT2D eigenvalue weighted by Crippen LogP contribution is -2.04. The van der Waals surface area contributed by atoms with E-state index in [0.29, 0.717) is 17.9 Å². The first-order valence-electron chi connectivity index (χ1n) is 5.82. The molecule has 0 saturated carbocycles. The van der Waals surface area contributed by atoms with Crippen molar-refractivity contribution < 1.29 is 9.85 Å². The number of rotatable bonds is 4. The molecule has 0 aliphatic heterocycles. The van der Waals surface area contributed by atoms with Gasteiger partial charge < -0.3 is 0 Å². The molecule has 8 heteroatoms. The Bertz CT molecular complexity index is 676. The zero-order chi connectivity index (χ0) is 14.9. The van der Waals surface area contributed by atoms with Crippen LogP contribution >= 0.6 is 0 Å². The maximum Gasteiger partial charge on any atom is 0.312 e. The Hall–Kier alpha value is -2.77.